The molecule has 35 heavy (non-hydrogen) atoms. The molecule has 0 aliphatic carbocycles. The molecule has 2 aromatic rings. The van der Waals surface area contributed by atoms with Crippen LogP contribution in [0.15, 0.2) is 28.9 Å². The quantitative estimate of drug-likeness (QED) is 0.509. The number of ether oxygens (including phenoxy) is 1. The van der Waals surface area contributed by atoms with E-state index in [0.717, 1.165) is 34.5 Å². The zero-order valence-electron chi connectivity index (χ0n) is 22.0. The maximum absolute atomic E-state index is 12.7. The van der Waals surface area contributed by atoms with Gasteiger partial charge in [0, 0.05) is 41.6 Å². The van der Waals surface area contributed by atoms with E-state index in [4.69, 9.17) is 9.72 Å². The second-order valence-corrected chi connectivity index (χ2v) is 12.1. The van der Waals surface area contributed by atoms with Crippen molar-refractivity contribution in [3.63, 3.8) is 0 Å². The van der Waals surface area contributed by atoms with Gasteiger partial charge < -0.3 is 20.3 Å². The van der Waals surface area contributed by atoms with Crippen molar-refractivity contribution in [1.82, 2.24) is 14.9 Å². The Morgan fingerprint density at radius 3 is 2.43 bits per heavy atom. The van der Waals surface area contributed by atoms with Gasteiger partial charge in [0.25, 0.3) is 5.91 Å². The highest BCUT2D eigenvalue weighted by atomic mass is 79.9. The highest BCUT2D eigenvalue weighted by Crippen LogP contribution is 2.41. The third-order valence-electron chi connectivity index (χ3n) is 7.34. The van der Waals surface area contributed by atoms with Crippen molar-refractivity contribution in [2.24, 2.45) is 0 Å². The fourth-order valence-electron chi connectivity index (χ4n) is 5.29. The first kappa shape index (κ1) is 25.7. The van der Waals surface area contributed by atoms with Crippen molar-refractivity contribution in [2.75, 3.05) is 29.1 Å². The molecule has 0 spiro atoms. The third kappa shape index (κ3) is 4.98. The molecule has 1 saturated heterocycles. The fourth-order valence-corrected chi connectivity index (χ4v) is 5.59. The van der Waals surface area contributed by atoms with E-state index in [1.54, 1.807) is 24.9 Å². The summed E-state index contributed by atoms with van der Waals surface area (Å²) in [6.45, 7) is 15.3. The molecule has 0 radical (unpaired) electrons. The molecular formula is C26H37BrN6O2. The number of hydrogen-bond donors (Lipinski definition) is 2. The number of likely N-dealkylation sites (tertiary alicyclic amines) is 1. The molecule has 0 atom stereocenters. The molecule has 3 heterocycles. The maximum Gasteiger partial charge on any atom is 0.270 e. The Bertz CT molecular complexity index is 1110. The van der Waals surface area contributed by atoms with Crippen LogP contribution in [0.4, 0.5) is 23.1 Å². The molecule has 4 rings (SSSR count). The van der Waals surface area contributed by atoms with Crippen LogP contribution >= 0.6 is 15.9 Å². The highest BCUT2D eigenvalue weighted by Gasteiger charge is 2.43. The number of carbonyl (C=O) groups excluding carboxylic acids is 1. The Kier molecular flexibility index (Phi) is 6.55. The molecule has 190 valence electrons. The van der Waals surface area contributed by atoms with E-state index < -0.39 is 5.60 Å². The molecule has 2 aliphatic rings. The zero-order chi connectivity index (χ0) is 25.8. The van der Waals surface area contributed by atoms with Crippen molar-refractivity contribution < 1.29 is 9.53 Å². The van der Waals surface area contributed by atoms with Crippen molar-refractivity contribution in [1.29, 1.82) is 0 Å². The van der Waals surface area contributed by atoms with Gasteiger partial charge in [0.2, 0.25) is 5.95 Å². The number of fused-ring (bicyclic) bond motifs is 1. The minimum atomic E-state index is -0.914. The van der Waals surface area contributed by atoms with Gasteiger partial charge in [-0.05, 0) is 96.4 Å². The van der Waals surface area contributed by atoms with Crippen LogP contribution in [0.3, 0.4) is 0 Å². The van der Waals surface area contributed by atoms with E-state index in [9.17, 15) is 4.79 Å². The number of nitrogens with zero attached hydrogens (tertiary/aromatic N) is 4. The second-order valence-electron chi connectivity index (χ2n) is 11.3. The van der Waals surface area contributed by atoms with Gasteiger partial charge in [-0.15, -0.1) is 0 Å². The van der Waals surface area contributed by atoms with E-state index in [0.29, 0.717) is 18.2 Å². The number of amides is 1. The van der Waals surface area contributed by atoms with Gasteiger partial charge in [0.1, 0.15) is 11.6 Å². The minimum absolute atomic E-state index is 0.0413. The number of aromatic nitrogens is 2. The molecular weight excluding hydrogens is 508 g/mol. The van der Waals surface area contributed by atoms with Crippen molar-refractivity contribution in [3.8, 4) is 5.75 Å². The molecule has 1 aromatic carbocycles. The monoisotopic (exact) mass is 544 g/mol. The average molecular weight is 546 g/mol. The normalized spacial score (nSPS) is 21.3. The Morgan fingerprint density at radius 1 is 1.14 bits per heavy atom. The molecule has 0 bridgehead atoms. The largest absolute Gasteiger partial charge is 0.476 e. The average Bonchev–Trinajstić information content (AvgIpc) is 2.75. The van der Waals surface area contributed by atoms with E-state index in [1.165, 1.54) is 0 Å². The SMILES string of the molecule is CCN1C(=O)C(C)(C)Oc2cc(Nc3ncc(Br)c(NC4CC(C)(C)N(C)C(C)(C)C4)n3)ccc21. The molecule has 1 amide bonds. The predicted octanol–water partition coefficient (Wildman–Crippen LogP) is 5.57. The molecule has 1 aromatic heterocycles. The van der Waals surface area contributed by atoms with Crippen LogP contribution in [-0.2, 0) is 4.79 Å². The van der Waals surface area contributed by atoms with E-state index in [-0.39, 0.29) is 23.0 Å². The summed E-state index contributed by atoms with van der Waals surface area (Å²) in [4.78, 5) is 26.1. The number of hydrogen-bond acceptors (Lipinski definition) is 7. The summed E-state index contributed by atoms with van der Waals surface area (Å²) in [5.74, 6) is 1.87. The molecule has 0 unspecified atom stereocenters. The summed E-state index contributed by atoms with van der Waals surface area (Å²) < 4.78 is 6.86. The molecule has 8 nitrogen and oxygen atoms in total. The maximum atomic E-state index is 12.7. The molecule has 9 heteroatoms. The lowest BCUT2D eigenvalue weighted by atomic mass is 9.77. The second kappa shape index (κ2) is 8.92. The lowest BCUT2D eigenvalue weighted by Crippen LogP contribution is -2.61. The summed E-state index contributed by atoms with van der Waals surface area (Å²) in [6, 6.07) is 5.99. The van der Waals surface area contributed by atoms with Gasteiger partial charge in [0.15, 0.2) is 5.60 Å². The van der Waals surface area contributed by atoms with Gasteiger partial charge in [-0.3, -0.25) is 9.69 Å². The lowest BCUT2D eigenvalue weighted by molar-refractivity contribution is -0.132. The number of piperidine rings is 1. The molecule has 1 fully saturated rings. The van der Waals surface area contributed by atoms with Crippen LogP contribution in [0.25, 0.3) is 0 Å². The summed E-state index contributed by atoms with van der Waals surface area (Å²) in [5, 5.41) is 6.95. The van der Waals surface area contributed by atoms with Crippen LogP contribution in [0.2, 0.25) is 0 Å². The third-order valence-corrected chi connectivity index (χ3v) is 7.92. The molecule has 0 saturated carbocycles. The number of carbonyl (C=O) groups is 1. The number of benzene rings is 1. The van der Waals surface area contributed by atoms with Crippen molar-refractivity contribution >= 4 is 45.0 Å². The molecule has 2 N–H and O–H groups in total. The van der Waals surface area contributed by atoms with Crippen molar-refractivity contribution in [2.45, 2.75) is 84.0 Å². The van der Waals surface area contributed by atoms with Crippen molar-refractivity contribution in [3.05, 3.63) is 28.9 Å². The minimum Gasteiger partial charge on any atom is -0.476 e. The Hall–Kier alpha value is -2.39. The zero-order valence-corrected chi connectivity index (χ0v) is 23.6. The first-order valence-electron chi connectivity index (χ1n) is 12.2. The number of rotatable bonds is 5. The van der Waals surface area contributed by atoms with Crippen LogP contribution in [0.5, 0.6) is 5.75 Å². The first-order valence-corrected chi connectivity index (χ1v) is 13.0. The lowest BCUT2D eigenvalue weighted by Gasteiger charge is -2.53. The summed E-state index contributed by atoms with van der Waals surface area (Å²) in [5.41, 5.74) is 0.798. The van der Waals surface area contributed by atoms with Crippen LogP contribution in [-0.4, -0.2) is 57.1 Å². The standard InChI is InChI=1S/C26H37BrN6O2/c1-9-33-19-11-10-16(12-20(19)35-26(6,7)22(33)34)30-23-28-15-18(27)21(31-23)29-17-13-24(2,3)32(8)25(4,5)14-17/h10-12,15,17H,9,13-14H2,1-8H3,(H2,28,29,30,31). The summed E-state index contributed by atoms with van der Waals surface area (Å²) >= 11 is 3.61. The van der Waals surface area contributed by atoms with Crippen LogP contribution < -0.4 is 20.3 Å². The Balaban J connectivity index is 1.55. The summed E-state index contributed by atoms with van der Waals surface area (Å²) in [6.07, 6.45) is 3.78. The van der Waals surface area contributed by atoms with Crippen LogP contribution in [0, 0.1) is 0 Å². The number of anilines is 4. The number of halogens is 1. The van der Waals surface area contributed by atoms with Crippen LogP contribution in [0.1, 0.15) is 61.3 Å². The Labute approximate surface area is 217 Å². The number of likely N-dealkylation sites (N-methyl/N-ethyl adjacent to an activating group) is 1. The smallest absolute Gasteiger partial charge is 0.270 e. The van der Waals surface area contributed by atoms with Gasteiger partial charge in [-0.1, -0.05) is 0 Å². The van der Waals surface area contributed by atoms with E-state index in [2.05, 4.69) is 71.2 Å². The van der Waals surface area contributed by atoms with E-state index >= 15 is 0 Å². The van der Waals surface area contributed by atoms with Gasteiger partial charge in [-0.25, -0.2) is 4.98 Å². The summed E-state index contributed by atoms with van der Waals surface area (Å²) in [7, 11) is 2.21. The van der Waals surface area contributed by atoms with Gasteiger partial charge >= 0.3 is 0 Å². The fraction of sp³-hybridized carbons (Fsp3) is 0.577. The molecule has 2 aliphatic heterocycles. The highest BCUT2D eigenvalue weighted by molar-refractivity contribution is 9.10. The first-order chi connectivity index (χ1) is 16.2. The predicted molar refractivity (Wildman–Crippen MR) is 145 cm³/mol. The number of nitrogens with one attached hydrogen (secondary N) is 2. The van der Waals surface area contributed by atoms with E-state index in [1.807, 2.05) is 25.1 Å². The van der Waals surface area contributed by atoms with Gasteiger partial charge in [-0.2, -0.15) is 4.98 Å². The topological polar surface area (TPSA) is 82.6 Å². The Morgan fingerprint density at radius 2 is 1.80 bits per heavy atom. The van der Waals surface area contributed by atoms with Gasteiger partial charge in [0.05, 0.1) is 10.2 Å².